The van der Waals surface area contributed by atoms with Gasteiger partial charge < -0.3 is 14.9 Å². The van der Waals surface area contributed by atoms with Crippen LogP contribution in [0.1, 0.15) is 5.56 Å². The zero-order chi connectivity index (χ0) is 19.0. The lowest BCUT2D eigenvalue weighted by atomic mass is 10.1. The summed E-state index contributed by atoms with van der Waals surface area (Å²) >= 11 is 0. The highest BCUT2D eigenvalue weighted by Gasteiger charge is 2.16. The van der Waals surface area contributed by atoms with E-state index in [0.29, 0.717) is 5.95 Å². The van der Waals surface area contributed by atoms with Crippen LogP contribution in [0.5, 0.6) is 0 Å². The van der Waals surface area contributed by atoms with E-state index >= 15 is 0 Å². The molecule has 0 atom stereocenters. The Morgan fingerprint density at radius 3 is 2.70 bits per heavy atom. The number of anilines is 2. The van der Waals surface area contributed by atoms with Crippen molar-refractivity contribution in [2.45, 2.75) is 6.92 Å². The topological polar surface area (TPSA) is 70.7 Å². The number of aromatic nitrogens is 3. The molecule has 0 unspecified atom stereocenters. The van der Waals surface area contributed by atoms with Gasteiger partial charge in [0, 0.05) is 39.9 Å². The lowest BCUT2D eigenvalue weighted by Crippen LogP contribution is -2.04. The summed E-state index contributed by atoms with van der Waals surface area (Å²) < 4.78 is 12.6. The highest BCUT2D eigenvalue weighted by atomic mass is 31.2. The van der Waals surface area contributed by atoms with Crippen LogP contribution in [0.4, 0.5) is 11.6 Å². The SMILES string of the molecule is Cc1cccc(Nc2nccc(-c3cc(P(C)(C)=O)cc4[nH]ccc34)n2)c1. The second-order valence-electron chi connectivity index (χ2n) is 7.04. The molecule has 0 fully saturated rings. The number of nitrogens with one attached hydrogen (secondary N) is 2. The van der Waals surface area contributed by atoms with Gasteiger partial charge in [-0.05, 0) is 62.2 Å². The second kappa shape index (κ2) is 6.67. The fourth-order valence-electron chi connectivity index (χ4n) is 3.10. The largest absolute Gasteiger partial charge is 0.361 e. The van der Waals surface area contributed by atoms with Gasteiger partial charge in [0.1, 0.15) is 7.14 Å². The van der Waals surface area contributed by atoms with Crippen molar-refractivity contribution in [3.63, 3.8) is 0 Å². The molecule has 6 heteroatoms. The quantitative estimate of drug-likeness (QED) is 0.496. The molecule has 0 saturated carbocycles. The first-order chi connectivity index (χ1) is 12.9. The van der Waals surface area contributed by atoms with E-state index in [4.69, 9.17) is 4.98 Å². The van der Waals surface area contributed by atoms with Gasteiger partial charge in [-0.1, -0.05) is 12.1 Å². The normalized spacial score (nSPS) is 11.7. The number of aromatic amines is 1. The number of nitrogens with zero attached hydrogens (tertiary/aromatic N) is 2. The minimum absolute atomic E-state index is 0.531. The van der Waals surface area contributed by atoms with E-state index in [-0.39, 0.29) is 0 Å². The van der Waals surface area contributed by atoms with E-state index in [0.717, 1.165) is 33.2 Å². The molecule has 0 bridgehead atoms. The van der Waals surface area contributed by atoms with Crippen LogP contribution in [0.3, 0.4) is 0 Å². The van der Waals surface area contributed by atoms with E-state index in [1.165, 1.54) is 5.56 Å². The number of aryl methyl sites for hydroxylation is 1. The molecule has 0 saturated heterocycles. The number of hydrogen-bond acceptors (Lipinski definition) is 4. The number of H-pyrrole nitrogens is 1. The first-order valence-corrected chi connectivity index (χ1v) is 11.3. The molecule has 2 heterocycles. The summed E-state index contributed by atoms with van der Waals surface area (Å²) in [5.41, 5.74) is 4.81. The Morgan fingerprint density at radius 1 is 1.07 bits per heavy atom. The Labute approximate surface area is 158 Å². The molecule has 0 aliphatic carbocycles. The molecule has 0 spiro atoms. The summed E-state index contributed by atoms with van der Waals surface area (Å²) in [5.74, 6) is 0.531. The lowest BCUT2D eigenvalue weighted by molar-refractivity contribution is 0.588. The Bertz CT molecular complexity index is 1180. The third kappa shape index (κ3) is 3.64. The summed E-state index contributed by atoms with van der Waals surface area (Å²) in [5, 5.41) is 5.14. The summed E-state index contributed by atoms with van der Waals surface area (Å²) in [4.78, 5) is 12.3. The van der Waals surface area contributed by atoms with Gasteiger partial charge in [-0.2, -0.15) is 0 Å². The first kappa shape index (κ1) is 17.5. The molecule has 0 radical (unpaired) electrons. The van der Waals surface area contributed by atoms with Gasteiger partial charge in [-0.25, -0.2) is 9.97 Å². The molecule has 0 amide bonds. The van der Waals surface area contributed by atoms with Gasteiger partial charge in [0.05, 0.1) is 5.69 Å². The molecule has 27 heavy (non-hydrogen) atoms. The molecule has 0 aliphatic heterocycles. The van der Waals surface area contributed by atoms with Crippen LogP contribution < -0.4 is 10.6 Å². The van der Waals surface area contributed by atoms with Crippen molar-refractivity contribution >= 4 is 35.0 Å². The minimum atomic E-state index is -2.40. The van der Waals surface area contributed by atoms with Gasteiger partial charge in [-0.15, -0.1) is 0 Å². The Balaban J connectivity index is 1.80. The van der Waals surface area contributed by atoms with E-state index in [9.17, 15) is 4.57 Å². The predicted octanol–water partition coefficient (Wildman–Crippen LogP) is 4.92. The zero-order valence-corrected chi connectivity index (χ0v) is 16.4. The van der Waals surface area contributed by atoms with Crippen molar-refractivity contribution in [1.29, 1.82) is 0 Å². The van der Waals surface area contributed by atoms with Crippen molar-refractivity contribution in [3.05, 3.63) is 66.5 Å². The third-order valence-electron chi connectivity index (χ3n) is 4.48. The van der Waals surface area contributed by atoms with Crippen LogP contribution in [0.2, 0.25) is 0 Å². The Morgan fingerprint density at radius 2 is 1.93 bits per heavy atom. The zero-order valence-electron chi connectivity index (χ0n) is 15.5. The summed E-state index contributed by atoms with van der Waals surface area (Å²) in [7, 11) is -2.40. The maximum atomic E-state index is 12.6. The molecule has 2 N–H and O–H groups in total. The maximum absolute atomic E-state index is 12.6. The first-order valence-electron chi connectivity index (χ1n) is 8.74. The Hall–Kier alpha value is -2.91. The molecule has 2 aromatic carbocycles. The fraction of sp³-hybridized carbons (Fsp3) is 0.143. The van der Waals surface area contributed by atoms with E-state index < -0.39 is 7.14 Å². The van der Waals surface area contributed by atoms with Crippen molar-refractivity contribution in [2.24, 2.45) is 0 Å². The molecule has 0 aliphatic rings. The minimum Gasteiger partial charge on any atom is -0.361 e. The predicted molar refractivity (Wildman–Crippen MR) is 113 cm³/mol. The second-order valence-corrected chi connectivity index (χ2v) is 10.3. The molecule has 5 nitrogen and oxygen atoms in total. The average molecular weight is 376 g/mol. The lowest BCUT2D eigenvalue weighted by Gasteiger charge is -2.12. The van der Waals surface area contributed by atoms with Crippen molar-refractivity contribution < 1.29 is 4.57 Å². The standard InChI is InChI=1S/C21H21N4OP/c1-14-5-4-6-15(11-14)24-21-23-10-8-19(25-21)18-12-16(27(2,3)26)13-20-17(18)7-9-22-20/h4-13,22H,1-3H3,(H,23,24,25). The number of fused-ring (bicyclic) bond motifs is 1. The smallest absolute Gasteiger partial charge is 0.227 e. The van der Waals surface area contributed by atoms with Crippen LogP contribution in [0, 0.1) is 6.92 Å². The van der Waals surface area contributed by atoms with Crippen LogP contribution in [0.25, 0.3) is 22.2 Å². The number of hydrogen-bond donors (Lipinski definition) is 2. The van der Waals surface area contributed by atoms with Crippen molar-refractivity contribution in [2.75, 3.05) is 18.6 Å². The molecular formula is C21H21N4OP. The Kier molecular flexibility index (Phi) is 4.33. The monoisotopic (exact) mass is 376 g/mol. The molecule has 4 aromatic rings. The van der Waals surface area contributed by atoms with Crippen LogP contribution in [-0.4, -0.2) is 28.3 Å². The van der Waals surface area contributed by atoms with E-state index in [2.05, 4.69) is 15.3 Å². The van der Waals surface area contributed by atoms with Crippen LogP contribution in [-0.2, 0) is 4.57 Å². The highest BCUT2D eigenvalue weighted by molar-refractivity contribution is 7.70. The summed E-state index contributed by atoms with van der Waals surface area (Å²) in [6.07, 6.45) is 3.63. The van der Waals surface area contributed by atoms with Gasteiger partial charge in [0.15, 0.2) is 0 Å². The van der Waals surface area contributed by atoms with Gasteiger partial charge >= 0.3 is 0 Å². The van der Waals surface area contributed by atoms with Crippen LogP contribution >= 0.6 is 7.14 Å². The van der Waals surface area contributed by atoms with Gasteiger partial charge in [0.25, 0.3) is 0 Å². The van der Waals surface area contributed by atoms with Crippen molar-refractivity contribution in [1.82, 2.24) is 15.0 Å². The fourth-order valence-corrected chi connectivity index (χ4v) is 3.98. The summed E-state index contributed by atoms with van der Waals surface area (Å²) in [6.45, 7) is 5.61. The van der Waals surface area contributed by atoms with Gasteiger partial charge in [0.2, 0.25) is 5.95 Å². The maximum Gasteiger partial charge on any atom is 0.227 e. The van der Waals surface area contributed by atoms with Crippen molar-refractivity contribution in [3.8, 4) is 11.3 Å². The van der Waals surface area contributed by atoms with E-state index in [1.54, 1.807) is 19.5 Å². The molecular weight excluding hydrogens is 355 g/mol. The van der Waals surface area contributed by atoms with E-state index in [1.807, 2.05) is 61.7 Å². The average Bonchev–Trinajstić information content (AvgIpc) is 3.09. The summed E-state index contributed by atoms with van der Waals surface area (Å²) in [6, 6.07) is 15.9. The number of rotatable bonds is 4. The number of benzene rings is 2. The highest BCUT2D eigenvalue weighted by Crippen LogP contribution is 2.38. The van der Waals surface area contributed by atoms with Crippen LogP contribution in [0.15, 0.2) is 60.9 Å². The molecule has 4 rings (SSSR count). The molecule has 136 valence electrons. The third-order valence-corrected chi connectivity index (χ3v) is 5.98. The van der Waals surface area contributed by atoms with Gasteiger partial charge in [-0.3, -0.25) is 0 Å². The molecule has 2 aromatic heterocycles.